The van der Waals surface area contributed by atoms with E-state index >= 15 is 0 Å². The summed E-state index contributed by atoms with van der Waals surface area (Å²) >= 11 is 0. The van der Waals surface area contributed by atoms with E-state index in [0.29, 0.717) is 24.3 Å². The second kappa shape index (κ2) is 7.72. The van der Waals surface area contributed by atoms with Crippen LogP contribution in [-0.2, 0) is 9.59 Å². The molecule has 1 atom stereocenters. The number of rotatable bonds is 5. The van der Waals surface area contributed by atoms with Gasteiger partial charge in [0, 0.05) is 24.8 Å². The molecule has 0 bridgehead atoms. The summed E-state index contributed by atoms with van der Waals surface area (Å²) in [5.74, 6) is -1.46. The molecule has 1 aromatic heterocycles. The van der Waals surface area contributed by atoms with Crippen molar-refractivity contribution in [2.45, 2.75) is 13.0 Å². The van der Waals surface area contributed by atoms with Crippen LogP contribution in [0.5, 0.6) is 0 Å². The Kier molecular flexibility index (Phi) is 5.37. The fraction of sp³-hybridized carbons (Fsp3) is 0.286. The molecule has 1 saturated heterocycles. The predicted octanol–water partition coefficient (Wildman–Crippen LogP) is 2.37. The first-order chi connectivity index (χ1) is 12.9. The van der Waals surface area contributed by atoms with Crippen molar-refractivity contribution in [3.05, 3.63) is 71.1 Å². The van der Waals surface area contributed by atoms with E-state index in [1.165, 1.54) is 4.90 Å². The Morgan fingerprint density at radius 2 is 1.85 bits per heavy atom. The molecule has 6 heteroatoms. The number of hydrogen-bond donors (Lipinski definition) is 1. The maximum atomic E-state index is 12.8. The average molecular weight is 365 g/mol. The van der Waals surface area contributed by atoms with E-state index < -0.39 is 17.7 Å². The van der Waals surface area contributed by atoms with Crippen molar-refractivity contribution < 1.29 is 14.7 Å². The fourth-order valence-corrected chi connectivity index (χ4v) is 3.13. The summed E-state index contributed by atoms with van der Waals surface area (Å²) in [5, 5.41) is 10.9. The Labute approximate surface area is 158 Å². The van der Waals surface area contributed by atoms with Crippen molar-refractivity contribution in [2.75, 3.05) is 27.2 Å². The third kappa shape index (κ3) is 3.75. The summed E-state index contributed by atoms with van der Waals surface area (Å²) < 4.78 is 0. The minimum absolute atomic E-state index is 0.0845. The maximum absolute atomic E-state index is 12.8. The molecule has 140 valence electrons. The van der Waals surface area contributed by atoms with Gasteiger partial charge in [0.1, 0.15) is 11.8 Å². The van der Waals surface area contributed by atoms with Crippen molar-refractivity contribution in [2.24, 2.45) is 0 Å². The molecule has 3 rings (SSSR count). The lowest BCUT2D eigenvalue weighted by molar-refractivity contribution is -0.140. The van der Waals surface area contributed by atoms with Gasteiger partial charge in [-0.25, -0.2) is 0 Å². The Morgan fingerprint density at radius 3 is 2.44 bits per heavy atom. The van der Waals surface area contributed by atoms with Crippen molar-refractivity contribution in [1.29, 1.82) is 0 Å². The monoisotopic (exact) mass is 365 g/mol. The van der Waals surface area contributed by atoms with Crippen molar-refractivity contribution in [3.8, 4) is 0 Å². The summed E-state index contributed by atoms with van der Waals surface area (Å²) in [5.41, 5.74) is 2.19. The Morgan fingerprint density at radius 1 is 1.15 bits per heavy atom. The number of aliphatic hydroxyl groups is 1. The smallest absolute Gasteiger partial charge is 0.295 e. The molecule has 27 heavy (non-hydrogen) atoms. The van der Waals surface area contributed by atoms with Crippen LogP contribution in [-0.4, -0.2) is 58.8 Å². The first-order valence-electron chi connectivity index (χ1n) is 8.81. The van der Waals surface area contributed by atoms with Crippen LogP contribution in [0.4, 0.5) is 0 Å². The lowest BCUT2D eigenvalue weighted by Crippen LogP contribution is -2.35. The highest BCUT2D eigenvalue weighted by Gasteiger charge is 2.46. The molecule has 6 nitrogen and oxygen atoms in total. The fourth-order valence-electron chi connectivity index (χ4n) is 3.13. The van der Waals surface area contributed by atoms with Crippen LogP contribution >= 0.6 is 0 Å². The summed E-state index contributed by atoms with van der Waals surface area (Å²) in [6.07, 6.45) is 1.62. The topological polar surface area (TPSA) is 73.7 Å². The van der Waals surface area contributed by atoms with E-state index in [-0.39, 0.29) is 11.3 Å². The lowest BCUT2D eigenvalue weighted by atomic mass is 9.98. The van der Waals surface area contributed by atoms with Gasteiger partial charge >= 0.3 is 0 Å². The van der Waals surface area contributed by atoms with Crippen LogP contribution in [0.2, 0.25) is 0 Å². The minimum atomic E-state index is -0.701. The second-order valence-electron chi connectivity index (χ2n) is 6.92. The summed E-state index contributed by atoms with van der Waals surface area (Å²) in [7, 11) is 3.80. The molecule has 1 N–H and O–H groups in total. The number of aromatic nitrogens is 1. The number of nitrogens with zero attached hydrogens (tertiary/aromatic N) is 3. The standard InChI is InChI=1S/C21H23N3O3/c1-14-7-9-15(10-8-14)19(25)17-18(16-6-4-5-11-22-16)24(13-12-23(2)3)21(27)20(17)26/h4-11,18,25H,12-13H2,1-3H3. The normalized spacial score (nSPS) is 19.1. The van der Waals surface area contributed by atoms with Gasteiger partial charge in [0.25, 0.3) is 11.7 Å². The van der Waals surface area contributed by atoms with Crippen molar-refractivity contribution >= 4 is 17.4 Å². The van der Waals surface area contributed by atoms with Gasteiger partial charge in [0.15, 0.2) is 0 Å². The van der Waals surface area contributed by atoms with Crippen LogP contribution in [0.1, 0.15) is 22.9 Å². The van der Waals surface area contributed by atoms with Crippen molar-refractivity contribution in [3.63, 3.8) is 0 Å². The summed E-state index contributed by atoms with van der Waals surface area (Å²) in [6.45, 7) is 2.91. The predicted molar refractivity (Wildman–Crippen MR) is 103 cm³/mol. The number of carbonyl (C=O) groups excluding carboxylic acids is 2. The molecule has 2 aromatic rings. The summed E-state index contributed by atoms with van der Waals surface area (Å²) in [4.78, 5) is 33.2. The van der Waals surface area contributed by atoms with E-state index in [4.69, 9.17) is 0 Å². The van der Waals surface area contributed by atoms with E-state index in [2.05, 4.69) is 4.98 Å². The molecule has 2 heterocycles. The second-order valence-corrected chi connectivity index (χ2v) is 6.92. The van der Waals surface area contributed by atoms with Crippen LogP contribution in [0, 0.1) is 6.92 Å². The number of aliphatic hydroxyl groups excluding tert-OH is 1. The molecule has 1 aliphatic rings. The molecular formula is C21H23N3O3. The van der Waals surface area contributed by atoms with Gasteiger partial charge in [-0.15, -0.1) is 0 Å². The Balaban J connectivity index is 2.12. The third-order valence-electron chi connectivity index (χ3n) is 4.62. The van der Waals surface area contributed by atoms with Gasteiger partial charge < -0.3 is 14.9 Å². The van der Waals surface area contributed by atoms with Gasteiger partial charge in [-0.2, -0.15) is 0 Å². The molecule has 0 radical (unpaired) electrons. The zero-order valence-corrected chi connectivity index (χ0v) is 15.7. The number of benzene rings is 1. The number of aryl methyl sites for hydroxylation is 1. The molecular weight excluding hydrogens is 342 g/mol. The zero-order valence-electron chi connectivity index (χ0n) is 15.7. The minimum Gasteiger partial charge on any atom is -0.507 e. The van der Waals surface area contributed by atoms with E-state index in [9.17, 15) is 14.7 Å². The number of carbonyl (C=O) groups is 2. The molecule has 0 saturated carbocycles. The van der Waals surface area contributed by atoms with Gasteiger partial charge in [-0.3, -0.25) is 14.6 Å². The quantitative estimate of drug-likeness (QED) is 0.500. The van der Waals surface area contributed by atoms with E-state index in [1.54, 1.807) is 36.5 Å². The number of hydrogen-bond acceptors (Lipinski definition) is 5. The lowest BCUT2D eigenvalue weighted by Gasteiger charge is -2.25. The number of pyridine rings is 1. The van der Waals surface area contributed by atoms with Crippen LogP contribution in [0.15, 0.2) is 54.2 Å². The highest BCUT2D eigenvalue weighted by atomic mass is 16.3. The first-order valence-corrected chi connectivity index (χ1v) is 8.81. The third-order valence-corrected chi connectivity index (χ3v) is 4.62. The van der Waals surface area contributed by atoms with Crippen LogP contribution in [0.25, 0.3) is 5.76 Å². The maximum Gasteiger partial charge on any atom is 0.295 e. The van der Waals surface area contributed by atoms with Crippen LogP contribution < -0.4 is 0 Å². The van der Waals surface area contributed by atoms with Gasteiger partial charge in [0.2, 0.25) is 0 Å². The summed E-state index contributed by atoms with van der Waals surface area (Å²) in [6, 6.07) is 11.8. The number of Topliss-reactive ketones (excluding diaryl/α,β-unsaturated/α-hetero) is 1. The van der Waals surface area contributed by atoms with Gasteiger partial charge in [-0.05, 0) is 33.2 Å². The number of amides is 1. The number of ketones is 1. The number of likely N-dealkylation sites (N-methyl/N-ethyl adjacent to an activating group) is 1. The molecule has 1 aliphatic heterocycles. The zero-order chi connectivity index (χ0) is 19.6. The Bertz CT molecular complexity index is 873. The largest absolute Gasteiger partial charge is 0.507 e. The van der Waals surface area contributed by atoms with Crippen LogP contribution in [0.3, 0.4) is 0 Å². The van der Waals surface area contributed by atoms with E-state index in [1.807, 2.05) is 38.1 Å². The molecule has 1 unspecified atom stereocenters. The number of likely N-dealkylation sites (tertiary alicyclic amines) is 1. The molecule has 0 spiro atoms. The first kappa shape index (κ1) is 18.8. The molecule has 1 fully saturated rings. The highest BCUT2D eigenvalue weighted by Crippen LogP contribution is 2.38. The van der Waals surface area contributed by atoms with Crippen molar-refractivity contribution in [1.82, 2.24) is 14.8 Å². The van der Waals surface area contributed by atoms with E-state index in [0.717, 1.165) is 5.56 Å². The SMILES string of the molecule is Cc1ccc(C(O)=C2C(=O)C(=O)N(CCN(C)C)C2c2ccccn2)cc1. The van der Waals surface area contributed by atoms with Gasteiger partial charge in [0.05, 0.1) is 11.3 Å². The van der Waals surface area contributed by atoms with Gasteiger partial charge in [-0.1, -0.05) is 35.9 Å². The molecule has 1 amide bonds. The Hall–Kier alpha value is -2.99. The average Bonchev–Trinajstić information content (AvgIpc) is 2.91. The highest BCUT2D eigenvalue weighted by molar-refractivity contribution is 6.46. The molecule has 1 aromatic carbocycles. The molecule has 0 aliphatic carbocycles.